The molecule has 0 heterocycles. The Hall–Kier alpha value is -0.470. The monoisotopic (exact) mass is 479 g/mol. The second-order valence-corrected chi connectivity index (χ2v) is 6.62. The molecule has 0 atom stereocenters. The highest BCUT2D eigenvalue weighted by molar-refractivity contribution is 14.0. The number of unbranched alkanes of at least 4 members (excludes halogenated alkanes) is 2. The summed E-state index contributed by atoms with van der Waals surface area (Å²) in [5.74, 6) is 2.17. The van der Waals surface area contributed by atoms with Gasteiger partial charge in [0.25, 0.3) is 0 Å². The van der Waals surface area contributed by atoms with Gasteiger partial charge >= 0.3 is 0 Å². The number of rotatable bonds is 13. The zero-order valence-corrected chi connectivity index (χ0v) is 18.8. The number of nitrogens with zero attached hydrogens (tertiary/aromatic N) is 1. The van der Waals surface area contributed by atoms with Gasteiger partial charge in [-0.3, -0.25) is 4.99 Å². The van der Waals surface area contributed by atoms with Gasteiger partial charge in [-0.25, -0.2) is 0 Å². The molecular formula is C19H34IN3OS. The van der Waals surface area contributed by atoms with Crippen molar-refractivity contribution < 1.29 is 4.74 Å². The van der Waals surface area contributed by atoms with Crippen molar-refractivity contribution in [1.29, 1.82) is 0 Å². The van der Waals surface area contributed by atoms with E-state index in [1.54, 1.807) is 0 Å². The van der Waals surface area contributed by atoms with Gasteiger partial charge in [0.05, 0.1) is 6.61 Å². The molecule has 1 aromatic rings. The lowest BCUT2D eigenvalue weighted by atomic mass is 10.2. The summed E-state index contributed by atoms with van der Waals surface area (Å²) in [4.78, 5) is 4.62. The van der Waals surface area contributed by atoms with Crippen molar-refractivity contribution in [1.82, 2.24) is 10.6 Å². The molecule has 25 heavy (non-hydrogen) atoms. The average Bonchev–Trinajstić information content (AvgIpc) is 2.61. The predicted octanol–water partition coefficient (Wildman–Crippen LogP) is 4.30. The molecular weight excluding hydrogens is 445 g/mol. The molecule has 1 aromatic carbocycles. The van der Waals surface area contributed by atoms with Crippen LogP contribution in [0.15, 0.2) is 35.3 Å². The van der Waals surface area contributed by atoms with Gasteiger partial charge in [0.1, 0.15) is 0 Å². The van der Waals surface area contributed by atoms with Gasteiger partial charge < -0.3 is 15.4 Å². The Balaban J connectivity index is 0.00000576. The van der Waals surface area contributed by atoms with Gasteiger partial charge in [-0.2, -0.15) is 11.8 Å². The third-order valence-electron chi connectivity index (χ3n) is 3.49. The summed E-state index contributed by atoms with van der Waals surface area (Å²) in [5.41, 5.74) is 1.23. The molecule has 0 amide bonds. The summed E-state index contributed by atoms with van der Waals surface area (Å²) in [5, 5.41) is 6.70. The van der Waals surface area contributed by atoms with Crippen molar-refractivity contribution in [2.45, 2.75) is 39.2 Å². The lowest BCUT2D eigenvalue weighted by Gasteiger charge is -2.11. The lowest BCUT2D eigenvalue weighted by Crippen LogP contribution is -2.37. The number of guanidine groups is 1. The zero-order chi connectivity index (χ0) is 17.3. The molecule has 6 heteroatoms. The van der Waals surface area contributed by atoms with E-state index in [4.69, 9.17) is 4.74 Å². The minimum absolute atomic E-state index is 0. The highest BCUT2D eigenvalue weighted by Gasteiger charge is 1.97. The Morgan fingerprint density at radius 2 is 1.88 bits per heavy atom. The largest absolute Gasteiger partial charge is 0.377 e. The van der Waals surface area contributed by atoms with Crippen molar-refractivity contribution in [2.24, 2.45) is 4.99 Å². The first kappa shape index (κ1) is 24.5. The van der Waals surface area contributed by atoms with Gasteiger partial charge in [0, 0.05) is 26.2 Å². The summed E-state index contributed by atoms with van der Waals surface area (Å²) in [6, 6.07) is 10.3. The molecule has 0 spiro atoms. The van der Waals surface area contributed by atoms with Crippen LogP contribution in [-0.2, 0) is 11.3 Å². The first-order valence-corrected chi connectivity index (χ1v) is 10.4. The van der Waals surface area contributed by atoms with Crippen LogP contribution in [0.1, 0.15) is 38.2 Å². The lowest BCUT2D eigenvalue weighted by molar-refractivity contribution is 0.117. The van der Waals surface area contributed by atoms with Crippen molar-refractivity contribution in [3.63, 3.8) is 0 Å². The van der Waals surface area contributed by atoms with Crippen LogP contribution in [0.3, 0.4) is 0 Å². The number of thioether (sulfide) groups is 1. The van der Waals surface area contributed by atoms with E-state index in [1.165, 1.54) is 24.2 Å². The van der Waals surface area contributed by atoms with Gasteiger partial charge in [0.2, 0.25) is 0 Å². The van der Waals surface area contributed by atoms with Crippen molar-refractivity contribution in [3.05, 3.63) is 35.9 Å². The minimum Gasteiger partial charge on any atom is -0.377 e. The third-order valence-corrected chi connectivity index (χ3v) is 4.19. The molecule has 0 saturated heterocycles. The topological polar surface area (TPSA) is 45.7 Å². The van der Waals surface area contributed by atoms with Crippen LogP contribution in [0.2, 0.25) is 0 Å². The molecule has 0 saturated carbocycles. The van der Waals surface area contributed by atoms with Gasteiger partial charge in [-0.1, -0.05) is 30.3 Å². The zero-order valence-electron chi connectivity index (χ0n) is 15.6. The summed E-state index contributed by atoms with van der Waals surface area (Å²) < 4.78 is 5.69. The SMILES string of the molecule is CCNC(=NCCCCOCc1ccccc1)NCCCCSC.I. The van der Waals surface area contributed by atoms with Crippen LogP contribution < -0.4 is 10.6 Å². The summed E-state index contributed by atoms with van der Waals surface area (Å²) in [6.45, 7) is 6.33. The summed E-state index contributed by atoms with van der Waals surface area (Å²) >= 11 is 1.91. The van der Waals surface area contributed by atoms with E-state index in [0.29, 0.717) is 6.61 Å². The smallest absolute Gasteiger partial charge is 0.191 e. The quantitative estimate of drug-likeness (QED) is 0.192. The molecule has 0 aliphatic rings. The molecule has 0 aliphatic heterocycles. The number of aliphatic imine (C=N–C) groups is 1. The molecule has 1 rings (SSSR count). The summed E-state index contributed by atoms with van der Waals surface area (Å²) in [7, 11) is 0. The minimum atomic E-state index is 0. The van der Waals surface area contributed by atoms with Crippen LogP contribution in [0.4, 0.5) is 0 Å². The number of benzene rings is 1. The molecule has 0 fully saturated rings. The molecule has 0 aliphatic carbocycles. The molecule has 0 bridgehead atoms. The normalized spacial score (nSPS) is 11.0. The van der Waals surface area contributed by atoms with Crippen LogP contribution >= 0.6 is 35.7 Å². The first-order chi connectivity index (χ1) is 11.9. The Labute approximate surface area is 175 Å². The molecule has 2 N–H and O–H groups in total. The van der Waals surface area contributed by atoms with E-state index in [0.717, 1.165) is 45.0 Å². The molecule has 4 nitrogen and oxygen atoms in total. The standard InChI is InChI=1S/C19H33N3OS.HI/c1-3-20-19(22-14-8-10-16-24-2)21-13-7-9-15-23-17-18-11-5-4-6-12-18;/h4-6,11-12H,3,7-10,13-17H2,1-2H3,(H2,20,21,22);1H. The maximum absolute atomic E-state index is 5.69. The molecule has 144 valence electrons. The van der Waals surface area contributed by atoms with E-state index >= 15 is 0 Å². The Bertz CT molecular complexity index is 432. The molecule has 0 aromatic heterocycles. The number of ether oxygens (including phenoxy) is 1. The van der Waals surface area contributed by atoms with E-state index in [1.807, 2.05) is 30.0 Å². The van der Waals surface area contributed by atoms with E-state index in [-0.39, 0.29) is 24.0 Å². The second kappa shape index (κ2) is 18.3. The van der Waals surface area contributed by atoms with E-state index in [2.05, 4.69) is 40.9 Å². The Kier molecular flexibility index (Phi) is 18.0. The van der Waals surface area contributed by atoms with Crippen LogP contribution in [0, 0.1) is 0 Å². The first-order valence-electron chi connectivity index (χ1n) is 8.99. The average molecular weight is 479 g/mol. The maximum Gasteiger partial charge on any atom is 0.191 e. The van der Waals surface area contributed by atoms with Gasteiger partial charge in [-0.05, 0) is 50.2 Å². The highest BCUT2D eigenvalue weighted by Crippen LogP contribution is 2.01. The maximum atomic E-state index is 5.69. The van der Waals surface area contributed by atoms with Crippen molar-refractivity contribution in [3.8, 4) is 0 Å². The fourth-order valence-electron chi connectivity index (χ4n) is 2.19. The third kappa shape index (κ3) is 14.4. The Morgan fingerprint density at radius 1 is 1.08 bits per heavy atom. The van der Waals surface area contributed by atoms with Crippen LogP contribution in [-0.4, -0.2) is 44.2 Å². The number of hydrogen-bond acceptors (Lipinski definition) is 3. The number of nitrogens with one attached hydrogen (secondary N) is 2. The van der Waals surface area contributed by atoms with Crippen LogP contribution in [0.5, 0.6) is 0 Å². The van der Waals surface area contributed by atoms with Crippen molar-refractivity contribution >= 4 is 41.7 Å². The summed E-state index contributed by atoms with van der Waals surface area (Å²) in [6.07, 6.45) is 6.70. The fraction of sp³-hybridized carbons (Fsp3) is 0.632. The van der Waals surface area contributed by atoms with Crippen molar-refractivity contribution in [2.75, 3.05) is 38.2 Å². The van der Waals surface area contributed by atoms with Crippen LogP contribution in [0.25, 0.3) is 0 Å². The number of hydrogen-bond donors (Lipinski definition) is 2. The second-order valence-electron chi connectivity index (χ2n) is 5.63. The van der Waals surface area contributed by atoms with E-state index in [9.17, 15) is 0 Å². The van der Waals surface area contributed by atoms with E-state index < -0.39 is 0 Å². The number of halogens is 1. The predicted molar refractivity (Wildman–Crippen MR) is 122 cm³/mol. The highest BCUT2D eigenvalue weighted by atomic mass is 127. The molecule has 0 radical (unpaired) electrons. The molecule has 0 unspecified atom stereocenters. The fourth-order valence-corrected chi connectivity index (χ4v) is 2.68. The van der Waals surface area contributed by atoms with Gasteiger partial charge in [0.15, 0.2) is 5.96 Å². The van der Waals surface area contributed by atoms with Gasteiger partial charge in [-0.15, -0.1) is 24.0 Å². The Morgan fingerprint density at radius 3 is 2.60 bits per heavy atom.